The first-order chi connectivity index (χ1) is 15.3. The van der Waals surface area contributed by atoms with Gasteiger partial charge in [-0.2, -0.15) is 0 Å². The minimum Gasteiger partial charge on any atom is -0.497 e. The number of nitrogens with zero attached hydrogens (tertiary/aromatic N) is 2. The molecule has 1 atom stereocenters. The van der Waals surface area contributed by atoms with Gasteiger partial charge >= 0.3 is 12.1 Å². The summed E-state index contributed by atoms with van der Waals surface area (Å²) in [5.74, 6) is -0.706. The third kappa shape index (κ3) is 5.09. The van der Waals surface area contributed by atoms with Crippen LogP contribution < -0.4 is 20.4 Å². The Morgan fingerprint density at radius 2 is 1.88 bits per heavy atom. The summed E-state index contributed by atoms with van der Waals surface area (Å²) in [6.07, 6.45) is -1.32. The molecule has 1 aliphatic heterocycles. The molecular formula is C21H21ClN4O6. The number of benzene rings is 2. The van der Waals surface area contributed by atoms with Crippen LogP contribution in [0, 0.1) is 0 Å². The monoisotopic (exact) mass is 460 g/mol. The van der Waals surface area contributed by atoms with Crippen molar-refractivity contribution in [3.05, 3.63) is 53.6 Å². The highest BCUT2D eigenvalue weighted by Gasteiger charge is 2.44. The molecular weight excluding hydrogens is 440 g/mol. The van der Waals surface area contributed by atoms with Crippen LogP contribution in [0.4, 0.5) is 21.0 Å². The maximum absolute atomic E-state index is 13.2. The van der Waals surface area contributed by atoms with Gasteiger partial charge in [0.05, 0.1) is 25.8 Å². The molecule has 1 unspecified atom stereocenters. The van der Waals surface area contributed by atoms with Crippen LogP contribution in [0.15, 0.2) is 48.5 Å². The number of halogens is 1. The lowest BCUT2D eigenvalue weighted by Crippen LogP contribution is -2.65. The molecule has 5 amide bonds. The highest BCUT2D eigenvalue weighted by Crippen LogP contribution is 2.26. The van der Waals surface area contributed by atoms with E-state index in [0.29, 0.717) is 16.5 Å². The Morgan fingerprint density at radius 3 is 2.50 bits per heavy atom. The van der Waals surface area contributed by atoms with Crippen molar-refractivity contribution in [2.45, 2.75) is 19.4 Å². The lowest BCUT2D eigenvalue weighted by molar-refractivity contribution is -0.128. The zero-order valence-electron chi connectivity index (χ0n) is 17.3. The Bertz CT molecular complexity index is 1030. The topological polar surface area (TPSA) is 117 Å². The molecule has 0 bridgehead atoms. The van der Waals surface area contributed by atoms with E-state index in [1.807, 2.05) is 0 Å². The summed E-state index contributed by atoms with van der Waals surface area (Å²) in [7, 11) is 1.51. The van der Waals surface area contributed by atoms with Crippen molar-refractivity contribution in [1.82, 2.24) is 10.4 Å². The molecule has 1 heterocycles. The summed E-state index contributed by atoms with van der Waals surface area (Å²) in [5.41, 5.74) is 2.88. The van der Waals surface area contributed by atoms with Gasteiger partial charge in [0, 0.05) is 10.7 Å². The van der Waals surface area contributed by atoms with E-state index in [2.05, 4.69) is 10.7 Å². The van der Waals surface area contributed by atoms with Crippen molar-refractivity contribution >= 4 is 46.9 Å². The molecule has 1 fully saturated rings. The van der Waals surface area contributed by atoms with Gasteiger partial charge in [-0.3, -0.25) is 9.59 Å². The number of imide groups is 1. The molecule has 0 spiro atoms. The van der Waals surface area contributed by atoms with Crippen LogP contribution in [0.5, 0.6) is 5.75 Å². The fourth-order valence-corrected chi connectivity index (χ4v) is 3.25. The number of urea groups is 1. The number of anilines is 2. The molecule has 3 rings (SSSR count). The summed E-state index contributed by atoms with van der Waals surface area (Å²) < 4.78 is 9.92. The first kappa shape index (κ1) is 22.9. The Hall–Kier alpha value is -3.79. The van der Waals surface area contributed by atoms with Gasteiger partial charge in [0.15, 0.2) is 0 Å². The van der Waals surface area contributed by atoms with Crippen molar-refractivity contribution in [2.24, 2.45) is 0 Å². The molecule has 11 heteroatoms. The normalized spacial score (nSPS) is 15.9. The second-order valence-corrected chi connectivity index (χ2v) is 7.07. The van der Waals surface area contributed by atoms with Crippen LogP contribution in [-0.4, -0.2) is 48.7 Å². The van der Waals surface area contributed by atoms with Gasteiger partial charge in [-0.25, -0.2) is 24.9 Å². The predicted octanol–water partition coefficient (Wildman–Crippen LogP) is 3.18. The Kier molecular flexibility index (Phi) is 7.16. The van der Waals surface area contributed by atoms with Gasteiger partial charge in [-0.05, 0) is 49.4 Å². The molecule has 0 aromatic heterocycles. The molecule has 2 aromatic carbocycles. The smallest absolute Gasteiger partial charge is 0.426 e. The van der Waals surface area contributed by atoms with E-state index >= 15 is 0 Å². The SMILES string of the molecule is CCOC(=O)NN1C(=O)N(c2cccc(Cl)c2)C(=O)CC1C(=O)Nc1ccc(OC)cc1. The zero-order chi connectivity index (χ0) is 23.3. The van der Waals surface area contributed by atoms with Crippen LogP contribution in [0.3, 0.4) is 0 Å². The minimum atomic E-state index is -1.31. The lowest BCUT2D eigenvalue weighted by Gasteiger charge is -2.38. The standard InChI is InChI=1S/C21H21ClN4O6/c1-3-32-20(29)24-26-17(19(28)23-14-7-9-16(31-2)10-8-14)12-18(27)25(21(26)30)15-6-4-5-13(22)11-15/h4-11,17H,3,12H2,1-2H3,(H,23,28)(H,24,29). The third-order valence-electron chi connectivity index (χ3n) is 4.54. The number of rotatable bonds is 6. The fourth-order valence-electron chi connectivity index (χ4n) is 3.06. The average molecular weight is 461 g/mol. The molecule has 2 N–H and O–H groups in total. The highest BCUT2D eigenvalue weighted by molar-refractivity contribution is 6.31. The fraction of sp³-hybridized carbons (Fsp3) is 0.238. The number of hydrazine groups is 1. The average Bonchev–Trinajstić information content (AvgIpc) is 2.76. The van der Waals surface area contributed by atoms with Gasteiger partial charge in [-0.15, -0.1) is 0 Å². The summed E-state index contributed by atoms with van der Waals surface area (Å²) in [6.45, 7) is 1.64. The highest BCUT2D eigenvalue weighted by atomic mass is 35.5. The van der Waals surface area contributed by atoms with E-state index in [-0.39, 0.29) is 18.7 Å². The van der Waals surface area contributed by atoms with E-state index < -0.39 is 30.0 Å². The van der Waals surface area contributed by atoms with Crippen molar-refractivity contribution < 1.29 is 28.7 Å². The van der Waals surface area contributed by atoms with E-state index in [9.17, 15) is 19.2 Å². The van der Waals surface area contributed by atoms with Gasteiger partial charge in [0.1, 0.15) is 11.8 Å². The quantitative estimate of drug-likeness (QED) is 0.683. The van der Waals surface area contributed by atoms with Crippen LogP contribution in [0.1, 0.15) is 13.3 Å². The van der Waals surface area contributed by atoms with Crippen molar-refractivity contribution in [3.63, 3.8) is 0 Å². The summed E-state index contributed by atoms with van der Waals surface area (Å²) in [6, 6.07) is 10.4. The second-order valence-electron chi connectivity index (χ2n) is 6.63. The van der Waals surface area contributed by atoms with E-state index in [1.54, 1.807) is 43.3 Å². The Balaban J connectivity index is 1.87. The molecule has 1 aliphatic rings. The summed E-state index contributed by atoms with van der Waals surface area (Å²) in [4.78, 5) is 51.8. The summed E-state index contributed by atoms with van der Waals surface area (Å²) >= 11 is 5.99. The zero-order valence-corrected chi connectivity index (χ0v) is 18.1. The van der Waals surface area contributed by atoms with Gasteiger partial charge in [0.2, 0.25) is 11.8 Å². The Morgan fingerprint density at radius 1 is 1.16 bits per heavy atom. The van der Waals surface area contributed by atoms with E-state index in [0.717, 1.165) is 9.91 Å². The largest absolute Gasteiger partial charge is 0.497 e. The van der Waals surface area contributed by atoms with E-state index in [4.69, 9.17) is 21.1 Å². The number of amides is 5. The predicted molar refractivity (Wildman–Crippen MR) is 116 cm³/mol. The maximum atomic E-state index is 13.2. The number of carbonyl (C=O) groups excluding carboxylic acids is 4. The molecule has 168 valence electrons. The summed E-state index contributed by atoms with van der Waals surface area (Å²) in [5, 5.41) is 3.72. The van der Waals surface area contributed by atoms with Crippen molar-refractivity contribution in [3.8, 4) is 5.75 Å². The van der Waals surface area contributed by atoms with Crippen LogP contribution >= 0.6 is 11.6 Å². The number of methoxy groups -OCH3 is 1. The number of nitrogens with one attached hydrogen (secondary N) is 2. The molecule has 0 radical (unpaired) electrons. The molecule has 2 aromatic rings. The van der Waals surface area contributed by atoms with Crippen molar-refractivity contribution in [1.29, 1.82) is 0 Å². The maximum Gasteiger partial charge on any atom is 0.426 e. The first-order valence-electron chi connectivity index (χ1n) is 9.64. The van der Waals surface area contributed by atoms with Crippen LogP contribution in [0.2, 0.25) is 5.02 Å². The lowest BCUT2D eigenvalue weighted by atomic mass is 10.1. The van der Waals surface area contributed by atoms with Crippen molar-refractivity contribution in [2.75, 3.05) is 23.9 Å². The van der Waals surface area contributed by atoms with Crippen LogP contribution in [0.25, 0.3) is 0 Å². The molecule has 0 aliphatic carbocycles. The van der Waals surface area contributed by atoms with Gasteiger partial charge < -0.3 is 14.8 Å². The molecule has 32 heavy (non-hydrogen) atoms. The van der Waals surface area contributed by atoms with Crippen LogP contribution in [-0.2, 0) is 14.3 Å². The van der Waals surface area contributed by atoms with Gasteiger partial charge in [0.25, 0.3) is 0 Å². The second kappa shape index (κ2) is 10.0. The number of hydrogen-bond acceptors (Lipinski definition) is 6. The van der Waals surface area contributed by atoms with Gasteiger partial charge in [-0.1, -0.05) is 17.7 Å². The molecule has 10 nitrogen and oxygen atoms in total. The minimum absolute atomic E-state index is 0.0491. The number of ether oxygens (including phenoxy) is 2. The Labute approximate surface area is 189 Å². The number of carbonyl (C=O) groups is 4. The first-order valence-corrected chi connectivity index (χ1v) is 10.0. The number of hydrogen-bond donors (Lipinski definition) is 2. The van der Waals surface area contributed by atoms with E-state index in [1.165, 1.54) is 19.2 Å². The molecule has 1 saturated heterocycles. The molecule has 0 saturated carbocycles. The third-order valence-corrected chi connectivity index (χ3v) is 4.78.